The Labute approximate surface area is 160 Å². The maximum atomic E-state index is 9.92. The van der Waals surface area contributed by atoms with E-state index in [1.165, 1.54) is 70.6 Å². The molecule has 0 amide bonds. The number of aliphatic hydroxyl groups is 3. The molecule has 0 saturated carbocycles. The fourth-order valence-electron chi connectivity index (χ4n) is 3.49. The number of aliphatic hydroxyl groups excluding tert-OH is 3. The predicted molar refractivity (Wildman–Crippen MR) is 104 cm³/mol. The number of hydrogen-bond donors (Lipinski definition) is 3. The van der Waals surface area contributed by atoms with Crippen LogP contribution in [0.25, 0.3) is 0 Å². The van der Waals surface area contributed by atoms with Crippen LogP contribution < -0.4 is 0 Å². The summed E-state index contributed by atoms with van der Waals surface area (Å²) in [5, 5.41) is 29.0. The highest BCUT2D eigenvalue weighted by Crippen LogP contribution is 2.18. The van der Waals surface area contributed by atoms with E-state index < -0.39 is 24.4 Å². The van der Waals surface area contributed by atoms with Gasteiger partial charge in [0.15, 0.2) is 0 Å². The molecule has 1 fully saturated rings. The molecule has 0 aromatic carbocycles. The molecule has 0 unspecified atom stereocenters. The minimum Gasteiger partial charge on any atom is -0.388 e. The predicted octanol–water partition coefficient (Wildman–Crippen LogP) is 3.58. The Kier molecular flexibility index (Phi) is 14.5. The maximum Gasteiger partial charge on any atom is 0.114 e. The third-order valence-corrected chi connectivity index (χ3v) is 5.25. The van der Waals surface area contributed by atoms with Crippen molar-refractivity contribution in [3.8, 4) is 0 Å². The third kappa shape index (κ3) is 10.8. The molecule has 26 heavy (non-hydrogen) atoms. The first-order valence-electron chi connectivity index (χ1n) is 10.9. The molecule has 156 valence electrons. The summed E-state index contributed by atoms with van der Waals surface area (Å²) in [4.78, 5) is 0. The van der Waals surface area contributed by atoms with Gasteiger partial charge in [0.1, 0.15) is 24.4 Å². The first-order chi connectivity index (χ1) is 12.7. The Morgan fingerprint density at radius 1 is 0.846 bits per heavy atom. The smallest absolute Gasteiger partial charge is 0.114 e. The zero-order chi connectivity index (χ0) is 19.0. The van der Waals surface area contributed by atoms with E-state index >= 15 is 0 Å². The molecule has 1 heterocycles. The van der Waals surface area contributed by atoms with Crippen molar-refractivity contribution in [2.45, 2.75) is 115 Å². The zero-order valence-corrected chi connectivity index (χ0v) is 16.8. The van der Waals surface area contributed by atoms with E-state index in [1.54, 1.807) is 0 Å². The summed E-state index contributed by atoms with van der Waals surface area (Å²) in [6.45, 7) is 3.10. The van der Waals surface area contributed by atoms with Gasteiger partial charge >= 0.3 is 0 Å². The van der Waals surface area contributed by atoms with Crippen LogP contribution in [0, 0.1) is 0 Å². The summed E-state index contributed by atoms with van der Waals surface area (Å²) in [5.41, 5.74) is 0. The molecule has 1 aliphatic rings. The Morgan fingerprint density at radius 3 is 1.81 bits per heavy atom. The van der Waals surface area contributed by atoms with Gasteiger partial charge in [0.2, 0.25) is 0 Å². The second-order valence-electron chi connectivity index (χ2n) is 7.74. The van der Waals surface area contributed by atoms with E-state index in [0.29, 0.717) is 6.61 Å². The number of rotatable bonds is 17. The van der Waals surface area contributed by atoms with Crippen LogP contribution in [0.1, 0.15) is 90.4 Å². The summed E-state index contributed by atoms with van der Waals surface area (Å²) in [5.74, 6) is 0. The number of hydrogen-bond acceptors (Lipinski definition) is 5. The van der Waals surface area contributed by atoms with Gasteiger partial charge in [0.25, 0.3) is 0 Å². The van der Waals surface area contributed by atoms with Crippen molar-refractivity contribution in [3.63, 3.8) is 0 Å². The Balaban J connectivity index is 1.78. The quantitative estimate of drug-likeness (QED) is 0.339. The Bertz CT molecular complexity index is 313. The van der Waals surface area contributed by atoms with Crippen molar-refractivity contribution in [1.82, 2.24) is 0 Å². The Morgan fingerprint density at radius 2 is 1.35 bits per heavy atom. The lowest BCUT2D eigenvalue weighted by atomic mass is 10.0. The lowest BCUT2D eigenvalue weighted by molar-refractivity contribution is -0.0813. The van der Waals surface area contributed by atoms with Gasteiger partial charge in [0.05, 0.1) is 13.2 Å². The molecule has 0 bridgehead atoms. The van der Waals surface area contributed by atoms with E-state index in [-0.39, 0.29) is 13.2 Å². The van der Waals surface area contributed by atoms with Crippen LogP contribution in [-0.4, -0.2) is 59.6 Å². The van der Waals surface area contributed by atoms with Gasteiger partial charge in [0, 0.05) is 6.61 Å². The molecular weight excluding hydrogens is 332 g/mol. The molecule has 1 aliphatic heterocycles. The fraction of sp³-hybridized carbons (Fsp3) is 1.00. The first kappa shape index (κ1) is 23.8. The minimum atomic E-state index is -1.02. The van der Waals surface area contributed by atoms with Gasteiger partial charge < -0.3 is 24.8 Å². The highest BCUT2D eigenvalue weighted by molar-refractivity contribution is 4.87. The highest BCUT2D eigenvalue weighted by Gasteiger charge is 2.39. The van der Waals surface area contributed by atoms with Crippen LogP contribution in [-0.2, 0) is 9.47 Å². The van der Waals surface area contributed by atoms with Crippen LogP contribution in [0.3, 0.4) is 0 Å². The van der Waals surface area contributed by atoms with Crippen molar-refractivity contribution < 1.29 is 24.8 Å². The van der Waals surface area contributed by atoms with Gasteiger partial charge in [-0.15, -0.1) is 0 Å². The summed E-state index contributed by atoms with van der Waals surface area (Å²) in [6, 6.07) is 0. The molecule has 5 heteroatoms. The summed E-state index contributed by atoms with van der Waals surface area (Å²) in [6.07, 6.45) is 13.6. The topological polar surface area (TPSA) is 79.2 Å². The van der Waals surface area contributed by atoms with Crippen molar-refractivity contribution >= 4 is 0 Å². The second-order valence-corrected chi connectivity index (χ2v) is 7.74. The van der Waals surface area contributed by atoms with Crippen molar-refractivity contribution in [3.05, 3.63) is 0 Å². The average Bonchev–Trinajstić information content (AvgIpc) is 2.97. The average molecular weight is 375 g/mol. The molecule has 5 nitrogen and oxygen atoms in total. The van der Waals surface area contributed by atoms with E-state index in [1.807, 2.05) is 0 Å². The summed E-state index contributed by atoms with van der Waals surface area (Å²) in [7, 11) is 0. The van der Waals surface area contributed by atoms with Crippen LogP contribution in [0.5, 0.6) is 0 Å². The lowest BCUT2D eigenvalue weighted by Gasteiger charge is -2.20. The molecular formula is C21H42O5. The fourth-order valence-corrected chi connectivity index (χ4v) is 3.49. The lowest BCUT2D eigenvalue weighted by Crippen LogP contribution is -2.40. The zero-order valence-electron chi connectivity index (χ0n) is 16.8. The minimum absolute atomic E-state index is 0.0712. The molecule has 0 aromatic heterocycles. The van der Waals surface area contributed by atoms with Crippen LogP contribution in [0.15, 0.2) is 0 Å². The van der Waals surface area contributed by atoms with Gasteiger partial charge in [-0.3, -0.25) is 0 Å². The molecule has 4 atom stereocenters. The summed E-state index contributed by atoms with van der Waals surface area (Å²) >= 11 is 0. The summed E-state index contributed by atoms with van der Waals surface area (Å²) < 4.78 is 10.7. The third-order valence-electron chi connectivity index (χ3n) is 5.25. The molecule has 0 aromatic rings. The standard InChI is InChI=1S/C21H42O5/c1-2-3-4-5-6-7-8-9-10-11-12-13-14-15-25-16-19(23)21-20(24)18(22)17-26-21/h18-24H,2-17H2,1H3/t18-,19+,20+,21+/m0/s1. The van der Waals surface area contributed by atoms with Crippen molar-refractivity contribution in [2.75, 3.05) is 19.8 Å². The van der Waals surface area contributed by atoms with Crippen molar-refractivity contribution in [1.29, 1.82) is 0 Å². The number of ether oxygens (including phenoxy) is 2. The van der Waals surface area contributed by atoms with Gasteiger partial charge in [-0.1, -0.05) is 84.0 Å². The van der Waals surface area contributed by atoms with Gasteiger partial charge in [-0.25, -0.2) is 0 Å². The van der Waals surface area contributed by atoms with Crippen LogP contribution in [0.4, 0.5) is 0 Å². The van der Waals surface area contributed by atoms with Gasteiger partial charge in [-0.2, -0.15) is 0 Å². The molecule has 0 aliphatic carbocycles. The normalized spacial score (nSPS) is 24.2. The molecule has 1 saturated heterocycles. The van der Waals surface area contributed by atoms with Gasteiger partial charge in [-0.05, 0) is 6.42 Å². The van der Waals surface area contributed by atoms with E-state index in [4.69, 9.17) is 9.47 Å². The first-order valence-corrected chi connectivity index (χ1v) is 10.9. The molecule has 0 radical (unpaired) electrons. The molecule has 1 rings (SSSR count). The largest absolute Gasteiger partial charge is 0.388 e. The van der Waals surface area contributed by atoms with E-state index in [0.717, 1.165) is 12.8 Å². The molecule has 0 spiro atoms. The van der Waals surface area contributed by atoms with Crippen LogP contribution >= 0.6 is 0 Å². The molecule has 3 N–H and O–H groups in total. The second kappa shape index (κ2) is 15.8. The number of unbranched alkanes of at least 4 members (excludes halogenated alkanes) is 12. The van der Waals surface area contributed by atoms with Crippen LogP contribution in [0.2, 0.25) is 0 Å². The van der Waals surface area contributed by atoms with Crippen molar-refractivity contribution in [2.24, 2.45) is 0 Å². The monoisotopic (exact) mass is 374 g/mol. The SMILES string of the molecule is CCCCCCCCCCCCCCCOC[C@@H](O)[C@H]1OC[C@H](O)[C@H]1O. The van der Waals surface area contributed by atoms with E-state index in [2.05, 4.69) is 6.92 Å². The maximum absolute atomic E-state index is 9.92. The Hall–Kier alpha value is -0.200. The van der Waals surface area contributed by atoms with E-state index in [9.17, 15) is 15.3 Å². The highest BCUT2D eigenvalue weighted by atomic mass is 16.5.